The van der Waals surface area contributed by atoms with Crippen LogP contribution in [0.1, 0.15) is 40.9 Å². The maximum Gasteiger partial charge on any atom is 0.231 e. The van der Waals surface area contributed by atoms with Gasteiger partial charge in [0.25, 0.3) is 0 Å². The fourth-order valence-corrected chi connectivity index (χ4v) is 4.16. The highest BCUT2D eigenvalue weighted by Gasteiger charge is 2.18. The first-order chi connectivity index (χ1) is 15.1. The molecule has 1 N–H and O–H groups in total. The molecule has 0 bridgehead atoms. The lowest BCUT2D eigenvalue weighted by Gasteiger charge is -2.18. The third-order valence-corrected chi connectivity index (χ3v) is 6.00. The molecule has 0 spiro atoms. The van der Waals surface area contributed by atoms with E-state index in [-0.39, 0.29) is 12.8 Å². The number of benzene rings is 3. The molecular weight excluding hydrogens is 386 g/mol. The maximum absolute atomic E-state index is 5.52. The molecule has 1 aromatic heterocycles. The smallest absolute Gasteiger partial charge is 0.231 e. The summed E-state index contributed by atoms with van der Waals surface area (Å²) in [5, 5.41) is 15.0. The summed E-state index contributed by atoms with van der Waals surface area (Å²) in [4.78, 5) is 0. The quantitative estimate of drug-likeness (QED) is 0.454. The van der Waals surface area contributed by atoms with Crippen molar-refractivity contribution in [2.75, 3.05) is 12.1 Å². The van der Waals surface area contributed by atoms with Crippen molar-refractivity contribution >= 4 is 16.6 Å². The summed E-state index contributed by atoms with van der Waals surface area (Å²) in [5.74, 6) is 2.36. The van der Waals surface area contributed by atoms with Gasteiger partial charge in [0, 0.05) is 17.2 Å². The fourth-order valence-electron chi connectivity index (χ4n) is 4.16. The molecule has 5 rings (SSSR count). The number of ether oxygens (including phenoxy) is 2. The van der Waals surface area contributed by atoms with E-state index in [2.05, 4.69) is 78.7 Å². The molecule has 5 nitrogen and oxygen atoms in total. The Morgan fingerprint density at radius 3 is 2.42 bits per heavy atom. The lowest BCUT2D eigenvalue weighted by atomic mass is 9.96. The molecule has 0 aliphatic carbocycles. The lowest BCUT2D eigenvalue weighted by Crippen LogP contribution is -2.10. The number of aromatic nitrogens is 2. The number of nitrogens with zero attached hydrogens (tertiary/aromatic N) is 2. The Balaban J connectivity index is 1.47. The predicted molar refractivity (Wildman–Crippen MR) is 123 cm³/mol. The molecular formula is C26H25N3O2. The van der Waals surface area contributed by atoms with Crippen molar-refractivity contribution in [1.29, 1.82) is 0 Å². The number of rotatable bonds is 5. The summed E-state index contributed by atoms with van der Waals surface area (Å²) in [6.07, 6.45) is 0.768. The van der Waals surface area contributed by atoms with Crippen LogP contribution in [0.15, 0.2) is 60.7 Å². The molecule has 0 fully saturated rings. The molecule has 1 atom stereocenters. The monoisotopic (exact) mass is 411 g/mol. The number of fused-ring (bicyclic) bond motifs is 2. The van der Waals surface area contributed by atoms with Gasteiger partial charge in [-0.05, 0) is 55.2 Å². The summed E-state index contributed by atoms with van der Waals surface area (Å²) in [7, 11) is 0. The van der Waals surface area contributed by atoms with Crippen LogP contribution in [0.25, 0.3) is 10.8 Å². The highest BCUT2D eigenvalue weighted by molar-refractivity contribution is 5.93. The topological polar surface area (TPSA) is 56.3 Å². The SMILES string of the molecule is Cc1cccc(C)c1Cc1nnc(NC(C)c2ccc3c(c2)OCO3)c2ccccc12. The zero-order valence-corrected chi connectivity index (χ0v) is 18.0. The van der Waals surface area contributed by atoms with E-state index in [4.69, 9.17) is 9.47 Å². The normalized spacial score (nSPS) is 13.4. The first kappa shape index (κ1) is 19.4. The number of hydrogen-bond donors (Lipinski definition) is 1. The van der Waals surface area contributed by atoms with E-state index < -0.39 is 0 Å². The standard InChI is InChI=1S/C26H25N3O2/c1-16-7-6-8-17(2)22(16)14-23-20-9-4-5-10-21(20)26(29-28-23)27-18(3)19-11-12-24-25(13-19)31-15-30-24/h4-13,18H,14-15H2,1-3H3,(H,27,29). The van der Waals surface area contributed by atoms with Gasteiger partial charge >= 0.3 is 0 Å². The highest BCUT2D eigenvalue weighted by Crippen LogP contribution is 2.35. The Kier molecular flexibility index (Phi) is 4.94. The Morgan fingerprint density at radius 2 is 1.61 bits per heavy atom. The Hall–Kier alpha value is -3.60. The first-order valence-corrected chi connectivity index (χ1v) is 10.6. The van der Waals surface area contributed by atoms with Crippen LogP contribution in [0.3, 0.4) is 0 Å². The second kappa shape index (κ2) is 7.91. The van der Waals surface area contributed by atoms with Gasteiger partial charge in [-0.3, -0.25) is 0 Å². The van der Waals surface area contributed by atoms with Crippen LogP contribution in [0, 0.1) is 13.8 Å². The molecule has 1 aliphatic heterocycles. The van der Waals surface area contributed by atoms with Gasteiger partial charge in [-0.1, -0.05) is 48.5 Å². The average Bonchev–Trinajstić information content (AvgIpc) is 3.25. The van der Waals surface area contributed by atoms with Gasteiger partial charge in [0.2, 0.25) is 6.79 Å². The van der Waals surface area contributed by atoms with Crippen molar-refractivity contribution in [3.8, 4) is 11.5 Å². The van der Waals surface area contributed by atoms with Crippen LogP contribution in [0.5, 0.6) is 11.5 Å². The van der Waals surface area contributed by atoms with E-state index in [9.17, 15) is 0 Å². The van der Waals surface area contributed by atoms with Gasteiger partial charge in [-0.15, -0.1) is 5.10 Å². The third-order valence-electron chi connectivity index (χ3n) is 6.00. The van der Waals surface area contributed by atoms with Gasteiger partial charge < -0.3 is 14.8 Å². The second-order valence-corrected chi connectivity index (χ2v) is 8.07. The molecule has 0 amide bonds. The minimum absolute atomic E-state index is 0.0386. The molecule has 5 heteroatoms. The predicted octanol–water partition coefficient (Wildman–Crippen LogP) is 5.74. The minimum Gasteiger partial charge on any atom is -0.454 e. The van der Waals surface area contributed by atoms with Gasteiger partial charge in [0.1, 0.15) is 0 Å². The summed E-state index contributed by atoms with van der Waals surface area (Å²) in [6.45, 7) is 6.69. The fraction of sp³-hybridized carbons (Fsp3) is 0.231. The largest absolute Gasteiger partial charge is 0.454 e. The number of nitrogens with one attached hydrogen (secondary N) is 1. The molecule has 0 saturated heterocycles. The average molecular weight is 412 g/mol. The second-order valence-electron chi connectivity index (χ2n) is 8.07. The van der Waals surface area contributed by atoms with Crippen LogP contribution in [-0.2, 0) is 6.42 Å². The van der Waals surface area contributed by atoms with Gasteiger partial charge in [0.05, 0.1) is 11.7 Å². The molecule has 1 aliphatic rings. The van der Waals surface area contributed by atoms with Crippen molar-refractivity contribution in [3.63, 3.8) is 0 Å². The summed E-state index contributed by atoms with van der Waals surface area (Å²) >= 11 is 0. The molecule has 1 unspecified atom stereocenters. The van der Waals surface area contributed by atoms with Crippen LogP contribution < -0.4 is 14.8 Å². The minimum atomic E-state index is 0.0386. The van der Waals surface area contributed by atoms with Gasteiger partial charge in [-0.25, -0.2) is 0 Å². The van der Waals surface area contributed by atoms with Gasteiger partial charge in [0.15, 0.2) is 17.3 Å². The van der Waals surface area contributed by atoms with E-state index in [0.717, 1.165) is 45.8 Å². The summed E-state index contributed by atoms with van der Waals surface area (Å²) in [5.41, 5.74) is 5.98. The number of hydrogen-bond acceptors (Lipinski definition) is 5. The van der Waals surface area contributed by atoms with Crippen molar-refractivity contribution < 1.29 is 9.47 Å². The molecule has 0 saturated carbocycles. The van der Waals surface area contributed by atoms with Crippen LogP contribution in [0.4, 0.5) is 5.82 Å². The Morgan fingerprint density at radius 1 is 0.871 bits per heavy atom. The zero-order chi connectivity index (χ0) is 21.4. The number of anilines is 1. The first-order valence-electron chi connectivity index (χ1n) is 10.6. The summed E-state index contributed by atoms with van der Waals surface area (Å²) < 4.78 is 10.9. The van der Waals surface area contributed by atoms with Crippen LogP contribution >= 0.6 is 0 Å². The van der Waals surface area contributed by atoms with Crippen LogP contribution in [-0.4, -0.2) is 17.0 Å². The van der Waals surface area contributed by atoms with E-state index >= 15 is 0 Å². The van der Waals surface area contributed by atoms with E-state index in [1.54, 1.807) is 0 Å². The lowest BCUT2D eigenvalue weighted by molar-refractivity contribution is 0.174. The van der Waals surface area contributed by atoms with Crippen molar-refractivity contribution in [1.82, 2.24) is 10.2 Å². The van der Waals surface area contributed by atoms with E-state index in [1.165, 1.54) is 16.7 Å². The highest BCUT2D eigenvalue weighted by atomic mass is 16.7. The van der Waals surface area contributed by atoms with Gasteiger partial charge in [-0.2, -0.15) is 5.10 Å². The number of aryl methyl sites for hydroxylation is 2. The van der Waals surface area contributed by atoms with Crippen molar-refractivity contribution in [2.45, 2.75) is 33.2 Å². The molecule has 156 valence electrons. The molecule has 31 heavy (non-hydrogen) atoms. The Bertz CT molecular complexity index is 1250. The van der Waals surface area contributed by atoms with E-state index in [1.807, 2.05) is 18.2 Å². The van der Waals surface area contributed by atoms with Crippen molar-refractivity contribution in [2.24, 2.45) is 0 Å². The third kappa shape index (κ3) is 3.67. The molecule has 2 heterocycles. The molecule has 4 aromatic rings. The summed E-state index contributed by atoms with van der Waals surface area (Å²) in [6, 6.07) is 20.8. The molecule has 3 aromatic carbocycles. The Labute approximate surface area is 182 Å². The van der Waals surface area contributed by atoms with Crippen LogP contribution in [0.2, 0.25) is 0 Å². The zero-order valence-electron chi connectivity index (χ0n) is 18.0. The van der Waals surface area contributed by atoms with E-state index in [0.29, 0.717) is 0 Å². The maximum atomic E-state index is 5.52. The molecule has 0 radical (unpaired) electrons. The van der Waals surface area contributed by atoms with Crippen molar-refractivity contribution in [3.05, 3.63) is 88.6 Å².